The van der Waals surface area contributed by atoms with Crippen LogP contribution < -0.4 is 0 Å². The molecule has 0 saturated carbocycles. The molecule has 0 radical (unpaired) electrons. The van der Waals surface area contributed by atoms with Gasteiger partial charge in [0, 0.05) is 19.6 Å². The molecule has 0 aromatic rings. The molecule has 0 bridgehead atoms. The largest absolute Gasteiger partial charge is 0.302 e. The summed E-state index contributed by atoms with van der Waals surface area (Å²) in [5.74, 6) is 1.78. The van der Waals surface area contributed by atoms with E-state index >= 15 is 0 Å². The average Bonchev–Trinajstić information content (AvgIpc) is 1.93. The Morgan fingerprint density at radius 3 is 2.67 bits per heavy atom. The van der Waals surface area contributed by atoms with Crippen molar-refractivity contribution in [2.24, 2.45) is 11.8 Å². The average molecular weight is 167 g/mol. The van der Waals surface area contributed by atoms with Gasteiger partial charge in [-0.2, -0.15) is 0 Å². The molecule has 12 heavy (non-hydrogen) atoms. The molecule has 1 heteroatoms. The highest BCUT2D eigenvalue weighted by atomic mass is 15.2. The highest BCUT2D eigenvalue weighted by molar-refractivity contribution is 4.82. The second-order valence-corrected chi connectivity index (χ2v) is 4.34. The summed E-state index contributed by atoms with van der Waals surface area (Å²) in [6.45, 7) is 12.3. The van der Waals surface area contributed by atoms with Gasteiger partial charge in [-0.1, -0.05) is 19.9 Å². The molecule has 0 amide bonds. The maximum absolute atomic E-state index is 3.74. The highest BCUT2D eigenvalue weighted by Crippen LogP contribution is 2.21. The first-order valence-electron chi connectivity index (χ1n) is 5.05. The third kappa shape index (κ3) is 2.98. The van der Waals surface area contributed by atoms with Crippen LogP contribution in [0.1, 0.15) is 26.7 Å². The van der Waals surface area contributed by atoms with Gasteiger partial charge in [-0.15, -0.1) is 6.58 Å². The Morgan fingerprint density at radius 1 is 1.50 bits per heavy atom. The fourth-order valence-electron chi connectivity index (χ4n) is 1.88. The van der Waals surface area contributed by atoms with Crippen LogP contribution in [0.25, 0.3) is 0 Å². The lowest BCUT2D eigenvalue weighted by atomic mass is 9.94. The normalized spacial score (nSPS) is 19.6. The second-order valence-electron chi connectivity index (χ2n) is 4.34. The minimum absolute atomic E-state index is 0.824. The van der Waals surface area contributed by atoms with Crippen molar-refractivity contribution in [3.05, 3.63) is 12.7 Å². The van der Waals surface area contributed by atoms with Crippen LogP contribution in [-0.2, 0) is 0 Å². The Bertz CT molecular complexity index is 134. The molecule has 1 aliphatic heterocycles. The minimum Gasteiger partial charge on any atom is -0.302 e. The van der Waals surface area contributed by atoms with Crippen LogP contribution in [0.2, 0.25) is 0 Å². The van der Waals surface area contributed by atoms with Crippen molar-refractivity contribution in [3.8, 4) is 0 Å². The fraction of sp³-hybridized carbons (Fsp3) is 0.818. The molecule has 0 spiro atoms. The molecule has 0 unspecified atom stereocenters. The summed E-state index contributed by atoms with van der Waals surface area (Å²) in [5.41, 5.74) is 0. The lowest BCUT2D eigenvalue weighted by molar-refractivity contribution is 0.0823. The fourth-order valence-corrected chi connectivity index (χ4v) is 1.88. The van der Waals surface area contributed by atoms with Gasteiger partial charge in [-0.05, 0) is 24.7 Å². The van der Waals surface area contributed by atoms with E-state index in [-0.39, 0.29) is 0 Å². The van der Waals surface area contributed by atoms with E-state index in [1.54, 1.807) is 0 Å². The molecule has 0 atom stereocenters. The molecule has 1 nitrogen and oxygen atoms in total. The van der Waals surface area contributed by atoms with Gasteiger partial charge < -0.3 is 4.90 Å². The van der Waals surface area contributed by atoms with Crippen LogP contribution >= 0.6 is 0 Å². The van der Waals surface area contributed by atoms with Crippen molar-refractivity contribution < 1.29 is 0 Å². The zero-order valence-electron chi connectivity index (χ0n) is 8.42. The maximum Gasteiger partial charge on any atom is 0.00222 e. The first kappa shape index (κ1) is 9.79. The van der Waals surface area contributed by atoms with E-state index < -0.39 is 0 Å². The Labute approximate surface area is 76.5 Å². The van der Waals surface area contributed by atoms with Crippen molar-refractivity contribution >= 4 is 0 Å². The minimum atomic E-state index is 0.824. The van der Waals surface area contributed by atoms with Crippen LogP contribution in [0.15, 0.2) is 12.7 Å². The molecule has 70 valence electrons. The van der Waals surface area contributed by atoms with E-state index in [4.69, 9.17) is 0 Å². The van der Waals surface area contributed by atoms with Gasteiger partial charge in [0.25, 0.3) is 0 Å². The van der Waals surface area contributed by atoms with E-state index in [9.17, 15) is 0 Å². The van der Waals surface area contributed by atoms with Gasteiger partial charge in [-0.25, -0.2) is 0 Å². The van der Waals surface area contributed by atoms with Gasteiger partial charge >= 0.3 is 0 Å². The number of nitrogens with zero attached hydrogens (tertiary/aromatic N) is 1. The summed E-state index contributed by atoms with van der Waals surface area (Å²) in [7, 11) is 0. The van der Waals surface area contributed by atoms with Crippen molar-refractivity contribution in [1.29, 1.82) is 0 Å². The van der Waals surface area contributed by atoms with Gasteiger partial charge in [0.15, 0.2) is 0 Å². The van der Waals surface area contributed by atoms with Gasteiger partial charge in [0.2, 0.25) is 0 Å². The van der Waals surface area contributed by atoms with Crippen molar-refractivity contribution in [3.63, 3.8) is 0 Å². The number of likely N-dealkylation sites (tertiary alicyclic amines) is 1. The third-order valence-electron chi connectivity index (χ3n) is 2.44. The molecule has 1 heterocycles. The van der Waals surface area contributed by atoms with E-state index in [1.807, 2.05) is 6.08 Å². The van der Waals surface area contributed by atoms with E-state index in [2.05, 4.69) is 25.3 Å². The van der Waals surface area contributed by atoms with Crippen molar-refractivity contribution in [2.45, 2.75) is 26.7 Å². The first-order valence-corrected chi connectivity index (χ1v) is 5.05. The second kappa shape index (κ2) is 4.66. The quantitative estimate of drug-likeness (QED) is 0.569. The molecule has 1 rings (SSSR count). The zero-order valence-corrected chi connectivity index (χ0v) is 8.42. The number of hydrogen-bond acceptors (Lipinski definition) is 1. The van der Waals surface area contributed by atoms with Gasteiger partial charge in [0.1, 0.15) is 0 Å². The summed E-state index contributed by atoms with van der Waals surface area (Å²) in [5, 5.41) is 0. The lowest BCUT2D eigenvalue weighted by Gasteiger charge is -2.40. The molecule has 1 fully saturated rings. The summed E-state index contributed by atoms with van der Waals surface area (Å²) in [4.78, 5) is 2.55. The molecule has 1 aliphatic rings. The molecular formula is C11H21N. The first-order chi connectivity index (χ1) is 5.72. The Balaban J connectivity index is 2.00. The number of allylic oxidation sites excluding steroid dienone is 1. The molecule has 0 aromatic heterocycles. The highest BCUT2D eigenvalue weighted by Gasteiger charge is 2.25. The summed E-state index contributed by atoms with van der Waals surface area (Å²) in [6.07, 6.45) is 4.57. The Morgan fingerprint density at radius 2 is 2.17 bits per heavy atom. The van der Waals surface area contributed by atoms with Crippen molar-refractivity contribution in [1.82, 2.24) is 4.90 Å². The monoisotopic (exact) mass is 167 g/mol. The SMILES string of the molecule is C=CCCC1CN(CC(C)C)C1. The predicted octanol–water partition coefficient (Wildman–Crippen LogP) is 2.54. The molecule has 0 N–H and O–H groups in total. The van der Waals surface area contributed by atoms with E-state index in [0.29, 0.717) is 0 Å². The maximum atomic E-state index is 3.74. The molecule has 0 aliphatic carbocycles. The van der Waals surface area contributed by atoms with Gasteiger partial charge in [0.05, 0.1) is 0 Å². The standard InChI is InChI=1S/C11H21N/c1-4-5-6-11-8-12(9-11)7-10(2)3/h4,10-11H,1,5-9H2,2-3H3. The number of rotatable bonds is 5. The number of hydrogen-bond donors (Lipinski definition) is 0. The summed E-state index contributed by atoms with van der Waals surface area (Å²) >= 11 is 0. The van der Waals surface area contributed by atoms with Crippen LogP contribution in [0, 0.1) is 11.8 Å². The van der Waals surface area contributed by atoms with Gasteiger partial charge in [-0.3, -0.25) is 0 Å². The molecular weight excluding hydrogens is 146 g/mol. The van der Waals surface area contributed by atoms with Crippen molar-refractivity contribution in [2.75, 3.05) is 19.6 Å². The van der Waals surface area contributed by atoms with E-state index in [0.717, 1.165) is 11.8 Å². The molecule has 0 aromatic carbocycles. The predicted molar refractivity (Wildman–Crippen MR) is 54.2 cm³/mol. The lowest BCUT2D eigenvalue weighted by Crippen LogP contribution is -2.47. The van der Waals surface area contributed by atoms with E-state index in [1.165, 1.54) is 32.5 Å². The Hall–Kier alpha value is -0.300. The summed E-state index contributed by atoms with van der Waals surface area (Å²) in [6, 6.07) is 0. The Kier molecular flexibility index (Phi) is 3.80. The topological polar surface area (TPSA) is 3.24 Å². The van der Waals surface area contributed by atoms with Crippen LogP contribution in [0.3, 0.4) is 0 Å². The summed E-state index contributed by atoms with van der Waals surface area (Å²) < 4.78 is 0. The third-order valence-corrected chi connectivity index (χ3v) is 2.44. The smallest absolute Gasteiger partial charge is 0.00222 e. The van der Waals surface area contributed by atoms with Crippen LogP contribution in [0.4, 0.5) is 0 Å². The van der Waals surface area contributed by atoms with Crippen LogP contribution in [0.5, 0.6) is 0 Å². The van der Waals surface area contributed by atoms with Crippen LogP contribution in [-0.4, -0.2) is 24.5 Å². The molecule has 1 saturated heterocycles. The zero-order chi connectivity index (χ0) is 8.97.